The van der Waals surface area contributed by atoms with E-state index in [0.717, 1.165) is 24.5 Å². The summed E-state index contributed by atoms with van der Waals surface area (Å²) in [5.74, 6) is -0.751. The fraction of sp³-hybridized carbons (Fsp3) is 0.500. The molecule has 1 saturated heterocycles. The minimum atomic E-state index is -4.60. The number of alkyl halides is 3. The molecule has 0 saturated carbocycles. The molecule has 1 aliphatic rings. The fourth-order valence-electron chi connectivity index (χ4n) is 2.43. The van der Waals surface area contributed by atoms with E-state index in [1.807, 2.05) is 0 Å². The summed E-state index contributed by atoms with van der Waals surface area (Å²) in [6.07, 6.45) is -2.58. The van der Waals surface area contributed by atoms with Crippen LogP contribution in [0.15, 0.2) is 18.2 Å². The average molecular weight is 365 g/mol. The molecule has 2 rings (SSSR count). The van der Waals surface area contributed by atoms with Crippen molar-refractivity contribution in [1.29, 1.82) is 0 Å². The third kappa shape index (κ3) is 5.10. The zero-order valence-electron chi connectivity index (χ0n) is 12.9. The summed E-state index contributed by atoms with van der Waals surface area (Å²) >= 11 is 0. The first kappa shape index (κ1) is 18.5. The molecule has 1 aliphatic heterocycles. The van der Waals surface area contributed by atoms with Crippen LogP contribution in [0.25, 0.3) is 0 Å². The molecule has 6 nitrogen and oxygen atoms in total. The van der Waals surface area contributed by atoms with Crippen LogP contribution in [0.1, 0.15) is 18.4 Å². The minimum Gasteiger partial charge on any atom is -0.324 e. The van der Waals surface area contributed by atoms with Crippen LogP contribution < -0.4 is 15.4 Å². The Bertz CT molecular complexity index is 714. The summed E-state index contributed by atoms with van der Waals surface area (Å²) in [5.41, 5.74) is -1.28. The molecule has 10 heteroatoms. The van der Waals surface area contributed by atoms with Gasteiger partial charge < -0.3 is 10.6 Å². The third-order valence-electron chi connectivity index (χ3n) is 3.61. The van der Waals surface area contributed by atoms with Crippen LogP contribution >= 0.6 is 0 Å². The number of rotatable bonds is 4. The van der Waals surface area contributed by atoms with E-state index in [0.29, 0.717) is 25.9 Å². The zero-order chi connectivity index (χ0) is 18.0. The standard InChI is InChI=1S/C14H18F3N3O3S/c1-24(22,23)20-11-3-2-10(14(15,16)17)8-12(11)19-13(21)9-4-6-18-7-5-9/h2-3,8-9,18,20H,4-7H2,1H3,(H,19,21). The molecule has 0 unspecified atom stereocenters. The van der Waals surface area contributed by atoms with E-state index in [-0.39, 0.29) is 17.3 Å². The van der Waals surface area contributed by atoms with Crippen molar-refractivity contribution in [2.45, 2.75) is 19.0 Å². The van der Waals surface area contributed by atoms with Gasteiger partial charge in [0.15, 0.2) is 0 Å². The Morgan fingerprint density at radius 2 is 1.83 bits per heavy atom. The van der Waals surface area contributed by atoms with Gasteiger partial charge in [0, 0.05) is 5.92 Å². The highest BCUT2D eigenvalue weighted by molar-refractivity contribution is 7.92. The van der Waals surface area contributed by atoms with Crippen molar-refractivity contribution in [1.82, 2.24) is 5.32 Å². The monoisotopic (exact) mass is 365 g/mol. The van der Waals surface area contributed by atoms with E-state index in [2.05, 4.69) is 15.4 Å². The van der Waals surface area contributed by atoms with Crippen molar-refractivity contribution in [2.75, 3.05) is 29.4 Å². The van der Waals surface area contributed by atoms with Crippen LogP contribution in [-0.4, -0.2) is 33.7 Å². The lowest BCUT2D eigenvalue weighted by molar-refractivity contribution is -0.137. The van der Waals surface area contributed by atoms with Crippen molar-refractivity contribution in [3.63, 3.8) is 0 Å². The number of benzene rings is 1. The molecule has 24 heavy (non-hydrogen) atoms. The Morgan fingerprint density at radius 3 is 2.38 bits per heavy atom. The molecule has 0 aromatic heterocycles. The number of sulfonamides is 1. The van der Waals surface area contributed by atoms with Crippen molar-refractivity contribution in [3.8, 4) is 0 Å². The molecule has 3 N–H and O–H groups in total. The van der Waals surface area contributed by atoms with Crippen LogP contribution in [-0.2, 0) is 21.0 Å². The number of carbonyl (C=O) groups is 1. The SMILES string of the molecule is CS(=O)(=O)Nc1ccc(C(F)(F)F)cc1NC(=O)C1CCNCC1. The molecule has 0 atom stereocenters. The lowest BCUT2D eigenvalue weighted by Gasteiger charge is -2.23. The molecule has 0 radical (unpaired) electrons. The second-order valence-electron chi connectivity index (χ2n) is 5.65. The number of anilines is 2. The molecule has 0 aliphatic carbocycles. The first-order chi connectivity index (χ1) is 11.1. The summed E-state index contributed by atoms with van der Waals surface area (Å²) in [4.78, 5) is 12.2. The number of nitrogens with one attached hydrogen (secondary N) is 3. The normalized spacial score (nSPS) is 16.7. The fourth-order valence-corrected chi connectivity index (χ4v) is 3.01. The van der Waals surface area contributed by atoms with Gasteiger partial charge in [0.25, 0.3) is 0 Å². The molecule has 1 aromatic rings. The zero-order valence-corrected chi connectivity index (χ0v) is 13.7. The largest absolute Gasteiger partial charge is 0.416 e. The predicted octanol–water partition coefficient (Wildman–Crippen LogP) is 2.01. The van der Waals surface area contributed by atoms with Gasteiger partial charge in [-0.2, -0.15) is 13.2 Å². The lowest BCUT2D eigenvalue weighted by atomic mass is 9.97. The van der Waals surface area contributed by atoms with Gasteiger partial charge in [-0.1, -0.05) is 0 Å². The second kappa shape index (κ2) is 6.98. The second-order valence-corrected chi connectivity index (χ2v) is 7.39. The van der Waals surface area contributed by atoms with E-state index >= 15 is 0 Å². The molecule has 1 fully saturated rings. The van der Waals surface area contributed by atoms with E-state index in [9.17, 15) is 26.4 Å². The summed E-state index contributed by atoms with van der Waals surface area (Å²) in [5, 5.41) is 5.51. The maximum Gasteiger partial charge on any atom is 0.416 e. The van der Waals surface area contributed by atoms with Gasteiger partial charge in [0.2, 0.25) is 15.9 Å². The van der Waals surface area contributed by atoms with Crippen molar-refractivity contribution in [2.24, 2.45) is 5.92 Å². The van der Waals surface area contributed by atoms with Gasteiger partial charge >= 0.3 is 6.18 Å². The van der Waals surface area contributed by atoms with Crippen LogP contribution in [0.4, 0.5) is 24.5 Å². The summed E-state index contributed by atoms with van der Waals surface area (Å²) in [7, 11) is -3.70. The van der Waals surface area contributed by atoms with Crippen LogP contribution in [0.5, 0.6) is 0 Å². The predicted molar refractivity (Wildman–Crippen MR) is 84.1 cm³/mol. The number of carbonyl (C=O) groups excluding carboxylic acids is 1. The Kier molecular flexibility index (Phi) is 5.38. The van der Waals surface area contributed by atoms with Crippen LogP contribution in [0.3, 0.4) is 0 Å². The smallest absolute Gasteiger partial charge is 0.324 e. The summed E-state index contributed by atoms with van der Waals surface area (Å²) in [6, 6.07) is 2.47. The number of amides is 1. The molecule has 1 heterocycles. The highest BCUT2D eigenvalue weighted by atomic mass is 32.2. The molecule has 0 bridgehead atoms. The quantitative estimate of drug-likeness (QED) is 0.762. The van der Waals surface area contributed by atoms with E-state index < -0.39 is 27.7 Å². The van der Waals surface area contributed by atoms with Crippen LogP contribution in [0.2, 0.25) is 0 Å². The molecular formula is C14H18F3N3O3S. The van der Waals surface area contributed by atoms with Gasteiger partial charge in [-0.05, 0) is 44.1 Å². The maximum atomic E-state index is 12.9. The van der Waals surface area contributed by atoms with E-state index in [4.69, 9.17) is 0 Å². The van der Waals surface area contributed by atoms with Crippen molar-refractivity contribution in [3.05, 3.63) is 23.8 Å². The minimum absolute atomic E-state index is 0.104. The van der Waals surface area contributed by atoms with Gasteiger partial charge in [-0.3, -0.25) is 9.52 Å². The Hall–Kier alpha value is -1.81. The Morgan fingerprint density at radius 1 is 1.21 bits per heavy atom. The topological polar surface area (TPSA) is 87.3 Å². The number of halogens is 3. The third-order valence-corrected chi connectivity index (χ3v) is 4.20. The Balaban J connectivity index is 2.30. The summed E-state index contributed by atoms with van der Waals surface area (Å²) < 4.78 is 63.5. The van der Waals surface area contributed by atoms with Crippen molar-refractivity contribution >= 4 is 27.3 Å². The average Bonchev–Trinajstić information content (AvgIpc) is 2.47. The van der Waals surface area contributed by atoms with Gasteiger partial charge in [0.05, 0.1) is 23.2 Å². The number of hydrogen-bond donors (Lipinski definition) is 3. The van der Waals surface area contributed by atoms with E-state index in [1.54, 1.807) is 0 Å². The van der Waals surface area contributed by atoms with Crippen molar-refractivity contribution < 1.29 is 26.4 Å². The van der Waals surface area contributed by atoms with Crippen LogP contribution in [0, 0.1) is 5.92 Å². The Labute approximate surface area is 137 Å². The summed E-state index contributed by atoms with van der Waals surface area (Å²) in [6.45, 7) is 1.30. The van der Waals surface area contributed by atoms with Gasteiger partial charge in [0.1, 0.15) is 0 Å². The van der Waals surface area contributed by atoms with Gasteiger partial charge in [-0.25, -0.2) is 8.42 Å². The molecule has 0 spiro atoms. The number of piperidine rings is 1. The molecule has 1 aromatic carbocycles. The highest BCUT2D eigenvalue weighted by Gasteiger charge is 2.32. The number of hydrogen-bond acceptors (Lipinski definition) is 4. The molecular weight excluding hydrogens is 347 g/mol. The highest BCUT2D eigenvalue weighted by Crippen LogP contribution is 2.34. The maximum absolute atomic E-state index is 12.9. The lowest BCUT2D eigenvalue weighted by Crippen LogP contribution is -2.34. The van der Waals surface area contributed by atoms with E-state index in [1.165, 1.54) is 0 Å². The molecule has 1 amide bonds. The first-order valence-corrected chi connectivity index (χ1v) is 9.16. The first-order valence-electron chi connectivity index (χ1n) is 7.27. The molecule has 134 valence electrons. The van der Waals surface area contributed by atoms with Gasteiger partial charge in [-0.15, -0.1) is 0 Å².